The second kappa shape index (κ2) is 7.82. The first kappa shape index (κ1) is 14.6. The lowest BCUT2D eigenvalue weighted by Gasteiger charge is -2.10. The van der Waals surface area contributed by atoms with Crippen molar-refractivity contribution in [2.75, 3.05) is 19.8 Å². The van der Waals surface area contributed by atoms with E-state index in [2.05, 4.69) is 13.8 Å². The summed E-state index contributed by atoms with van der Waals surface area (Å²) in [6.07, 6.45) is 1.57. The number of carbonyl (C=O) groups excluding carboxylic acids is 1. The number of halogens is 1. The van der Waals surface area contributed by atoms with Crippen LogP contribution in [0.1, 0.15) is 30.6 Å². The quantitative estimate of drug-likeness (QED) is 0.528. The normalized spacial score (nSPS) is 10.7. The number of ether oxygens (including phenoxy) is 2. The molecule has 0 fully saturated rings. The average Bonchev–Trinajstić information content (AvgIpc) is 2.34. The van der Waals surface area contributed by atoms with E-state index in [0.717, 1.165) is 6.42 Å². The van der Waals surface area contributed by atoms with Crippen molar-refractivity contribution in [3.8, 4) is 5.75 Å². The van der Waals surface area contributed by atoms with Crippen LogP contribution in [0.2, 0.25) is 0 Å². The van der Waals surface area contributed by atoms with Gasteiger partial charge in [-0.25, -0.2) is 4.39 Å². The molecule has 0 saturated heterocycles. The summed E-state index contributed by atoms with van der Waals surface area (Å²) >= 11 is 0. The van der Waals surface area contributed by atoms with Crippen molar-refractivity contribution in [1.29, 1.82) is 0 Å². The fraction of sp³-hybridized carbons (Fsp3) is 0.500. The molecule has 18 heavy (non-hydrogen) atoms. The van der Waals surface area contributed by atoms with Crippen LogP contribution in [0.4, 0.5) is 4.39 Å². The second-order valence-corrected chi connectivity index (χ2v) is 4.42. The van der Waals surface area contributed by atoms with Crippen molar-refractivity contribution in [2.45, 2.75) is 20.3 Å². The molecule has 1 rings (SSSR count). The Hall–Kier alpha value is -1.42. The molecule has 0 aromatic heterocycles. The summed E-state index contributed by atoms with van der Waals surface area (Å²) in [4.78, 5) is 10.7. The van der Waals surface area contributed by atoms with Gasteiger partial charge in [-0.3, -0.25) is 4.79 Å². The fourth-order valence-corrected chi connectivity index (χ4v) is 1.39. The summed E-state index contributed by atoms with van der Waals surface area (Å²) in [6.45, 7) is 5.53. The molecule has 0 radical (unpaired) electrons. The standard InChI is InChI=1S/C14H19FO3/c1-11(2)6-7-17-8-9-18-14-12(10-16)4-3-5-13(14)15/h3-5,10-11H,6-9H2,1-2H3. The Morgan fingerprint density at radius 3 is 2.72 bits per heavy atom. The van der Waals surface area contributed by atoms with E-state index in [1.807, 2.05) is 0 Å². The van der Waals surface area contributed by atoms with Gasteiger partial charge in [-0.15, -0.1) is 0 Å². The number of benzene rings is 1. The van der Waals surface area contributed by atoms with Gasteiger partial charge >= 0.3 is 0 Å². The van der Waals surface area contributed by atoms with Crippen molar-refractivity contribution in [2.24, 2.45) is 5.92 Å². The first-order valence-electron chi connectivity index (χ1n) is 6.09. The van der Waals surface area contributed by atoms with Gasteiger partial charge in [0.25, 0.3) is 0 Å². The van der Waals surface area contributed by atoms with E-state index < -0.39 is 5.82 Å². The van der Waals surface area contributed by atoms with Crippen LogP contribution in [0, 0.1) is 11.7 Å². The molecule has 4 heteroatoms. The first-order chi connectivity index (χ1) is 8.65. The van der Waals surface area contributed by atoms with E-state index in [4.69, 9.17) is 9.47 Å². The smallest absolute Gasteiger partial charge is 0.165 e. The Kier molecular flexibility index (Phi) is 6.36. The molecular formula is C14H19FO3. The van der Waals surface area contributed by atoms with Crippen LogP contribution >= 0.6 is 0 Å². The molecule has 3 nitrogen and oxygen atoms in total. The average molecular weight is 254 g/mol. The molecule has 0 saturated carbocycles. The summed E-state index contributed by atoms with van der Waals surface area (Å²) in [7, 11) is 0. The summed E-state index contributed by atoms with van der Waals surface area (Å²) in [5.41, 5.74) is 0.220. The Balaban J connectivity index is 2.33. The molecule has 0 amide bonds. The van der Waals surface area contributed by atoms with E-state index >= 15 is 0 Å². The van der Waals surface area contributed by atoms with Crippen LogP contribution in [0.5, 0.6) is 5.75 Å². The summed E-state index contributed by atoms with van der Waals surface area (Å²) in [5.74, 6) is 0.0703. The maximum atomic E-state index is 13.4. The van der Waals surface area contributed by atoms with Gasteiger partial charge in [0.05, 0.1) is 12.2 Å². The van der Waals surface area contributed by atoms with Gasteiger partial charge in [0, 0.05) is 6.61 Å². The highest BCUT2D eigenvalue weighted by molar-refractivity contribution is 5.79. The second-order valence-electron chi connectivity index (χ2n) is 4.42. The molecule has 100 valence electrons. The molecule has 0 heterocycles. The van der Waals surface area contributed by atoms with E-state index in [-0.39, 0.29) is 17.9 Å². The minimum atomic E-state index is -0.526. The van der Waals surface area contributed by atoms with Crippen molar-refractivity contribution < 1.29 is 18.7 Å². The van der Waals surface area contributed by atoms with E-state index in [1.165, 1.54) is 18.2 Å². The molecule has 0 atom stereocenters. The molecular weight excluding hydrogens is 235 g/mol. The van der Waals surface area contributed by atoms with E-state index in [9.17, 15) is 9.18 Å². The SMILES string of the molecule is CC(C)CCOCCOc1c(F)cccc1C=O. The molecule has 0 aliphatic rings. The highest BCUT2D eigenvalue weighted by Gasteiger charge is 2.08. The van der Waals surface area contributed by atoms with Gasteiger partial charge < -0.3 is 9.47 Å². The highest BCUT2D eigenvalue weighted by atomic mass is 19.1. The fourth-order valence-electron chi connectivity index (χ4n) is 1.39. The first-order valence-corrected chi connectivity index (χ1v) is 6.09. The minimum Gasteiger partial charge on any atom is -0.487 e. The van der Waals surface area contributed by atoms with Crippen molar-refractivity contribution in [1.82, 2.24) is 0 Å². The maximum absolute atomic E-state index is 13.4. The lowest BCUT2D eigenvalue weighted by atomic mass is 10.1. The van der Waals surface area contributed by atoms with Gasteiger partial charge in [0.1, 0.15) is 6.61 Å². The van der Waals surface area contributed by atoms with Gasteiger partial charge in [0.2, 0.25) is 0 Å². The number of carbonyl (C=O) groups is 1. The molecule has 1 aromatic carbocycles. The molecule has 0 unspecified atom stereocenters. The number of hydrogen-bond donors (Lipinski definition) is 0. The topological polar surface area (TPSA) is 35.5 Å². The van der Waals surface area contributed by atoms with Crippen LogP contribution < -0.4 is 4.74 Å². The highest BCUT2D eigenvalue weighted by Crippen LogP contribution is 2.20. The van der Waals surface area contributed by atoms with Crippen LogP contribution in [0.15, 0.2) is 18.2 Å². The van der Waals surface area contributed by atoms with Gasteiger partial charge in [0.15, 0.2) is 17.9 Å². The molecule has 0 N–H and O–H groups in total. The Labute approximate surface area is 107 Å². The summed E-state index contributed by atoms with van der Waals surface area (Å²) in [6, 6.07) is 4.26. The van der Waals surface area contributed by atoms with Crippen LogP contribution in [-0.2, 0) is 4.74 Å². The molecule has 0 aliphatic carbocycles. The van der Waals surface area contributed by atoms with Gasteiger partial charge in [-0.05, 0) is 24.5 Å². The van der Waals surface area contributed by atoms with E-state index in [1.54, 1.807) is 0 Å². The predicted octanol–water partition coefficient (Wildman–Crippen LogP) is 3.08. The Morgan fingerprint density at radius 1 is 1.28 bits per heavy atom. The van der Waals surface area contributed by atoms with Crippen molar-refractivity contribution >= 4 is 6.29 Å². The maximum Gasteiger partial charge on any atom is 0.165 e. The van der Waals surface area contributed by atoms with Crippen LogP contribution in [0.25, 0.3) is 0 Å². The molecule has 1 aromatic rings. The monoisotopic (exact) mass is 254 g/mol. The lowest BCUT2D eigenvalue weighted by molar-refractivity contribution is 0.0904. The van der Waals surface area contributed by atoms with Crippen molar-refractivity contribution in [3.63, 3.8) is 0 Å². The largest absolute Gasteiger partial charge is 0.487 e. The Morgan fingerprint density at radius 2 is 2.06 bits per heavy atom. The molecule has 0 bridgehead atoms. The third-order valence-electron chi connectivity index (χ3n) is 2.44. The van der Waals surface area contributed by atoms with E-state index in [0.29, 0.717) is 25.4 Å². The number of aldehydes is 1. The number of hydrogen-bond acceptors (Lipinski definition) is 3. The van der Waals surface area contributed by atoms with Crippen LogP contribution in [-0.4, -0.2) is 26.1 Å². The summed E-state index contributed by atoms with van der Waals surface area (Å²) in [5, 5.41) is 0. The molecule has 0 aliphatic heterocycles. The molecule has 0 spiro atoms. The van der Waals surface area contributed by atoms with Crippen LogP contribution in [0.3, 0.4) is 0 Å². The number of para-hydroxylation sites is 1. The zero-order valence-electron chi connectivity index (χ0n) is 10.8. The number of rotatable bonds is 8. The minimum absolute atomic E-state index is 0.0000374. The van der Waals surface area contributed by atoms with Gasteiger partial charge in [-0.1, -0.05) is 19.9 Å². The predicted molar refractivity (Wildman–Crippen MR) is 67.6 cm³/mol. The zero-order valence-corrected chi connectivity index (χ0v) is 10.8. The lowest BCUT2D eigenvalue weighted by Crippen LogP contribution is -2.10. The summed E-state index contributed by atoms with van der Waals surface area (Å²) < 4.78 is 24.0. The third kappa shape index (κ3) is 4.84. The Bertz CT molecular complexity index is 377. The van der Waals surface area contributed by atoms with Gasteiger partial charge in [-0.2, -0.15) is 0 Å². The van der Waals surface area contributed by atoms with Crippen molar-refractivity contribution in [3.05, 3.63) is 29.6 Å². The third-order valence-corrected chi connectivity index (χ3v) is 2.44. The zero-order chi connectivity index (χ0) is 13.4.